The first-order valence-electron chi connectivity index (χ1n) is 6.93. The Kier molecular flexibility index (Phi) is 3.33. The third kappa shape index (κ3) is 1.90. The molecule has 120 valence electrons. The van der Waals surface area contributed by atoms with Gasteiger partial charge in [-0.1, -0.05) is 13.0 Å². The van der Waals surface area contributed by atoms with Gasteiger partial charge >= 0.3 is 5.97 Å². The molecule has 22 heavy (non-hydrogen) atoms. The van der Waals surface area contributed by atoms with Crippen LogP contribution in [-0.2, 0) is 14.6 Å². The van der Waals surface area contributed by atoms with E-state index in [-0.39, 0.29) is 19.1 Å². The number of nitrogens with two attached hydrogens (primary N) is 1. The molecule has 1 heterocycles. The van der Waals surface area contributed by atoms with Crippen molar-refractivity contribution in [3.63, 3.8) is 0 Å². The second-order valence-corrected chi connectivity index (χ2v) is 7.92. The largest absolute Gasteiger partial charge is 0.481 e. The summed E-state index contributed by atoms with van der Waals surface area (Å²) in [4.78, 5) is 11.7. The highest BCUT2D eigenvalue weighted by atomic mass is 32.2. The number of hydrogen-bond donors (Lipinski definition) is 2. The summed E-state index contributed by atoms with van der Waals surface area (Å²) in [7, 11) is -3.53. The minimum absolute atomic E-state index is 0.0983. The first-order chi connectivity index (χ1) is 10.4. The van der Waals surface area contributed by atoms with Gasteiger partial charge < -0.3 is 20.3 Å². The van der Waals surface area contributed by atoms with Crippen molar-refractivity contribution in [1.82, 2.24) is 0 Å². The van der Waals surface area contributed by atoms with Crippen LogP contribution in [0.15, 0.2) is 18.2 Å². The molecule has 7 nitrogen and oxygen atoms in total. The first-order valence-corrected chi connectivity index (χ1v) is 8.64. The third-order valence-corrected chi connectivity index (χ3v) is 6.81. The van der Waals surface area contributed by atoms with Crippen LogP contribution in [0.5, 0.6) is 11.5 Å². The van der Waals surface area contributed by atoms with Crippen molar-refractivity contribution < 1.29 is 27.8 Å². The first kappa shape index (κ1) is 15.1. The number of carboxylic acid groups (broad SMARTS) is 1. The average molecular weight is 327 g/mol. The lowest BCUT2D eigenvalue weighted by Gasteiger charge is -2.09. The Balaban J connectivity index is 2.06. The van der Waals surface area contributed by atoms with Crippen molar-refractivity contribution in [3.05, 3.63) is 23.8 Å². The van der Waals surface area contributed by atoms with Crippen LogP contribution in [-0.4, -0.2) is 43.8 Å². The topological polar surface area (TPSA) is 116 Å². The number of hydrogen-bond acceptors (Lipinski definition) is 6. The lowest BCUT2D eigenvalue weighted by Crippen LogP contribution is -2.32. The number of carbonyl (C=O) groups is 1. The molecule has 0 aromatic heterocycles. The van der Waals surface area contributed by atoms with Crippen LogP contribution in [0.4, 0.5) is 0 Å². The van der Waals surface area contributed by atoms with Gasteiger partial charge in [0.2, 0.25) is 6.79 Å². The fraction of sp³-hybridized carbons (Fsp3) is 0.500. The van der Waals surface area contributed by atoms with E-state index >= 15 is 0 Å². The molecule has 3 N–H and O–H groups in total. The quantitative estimate of drug-likeness (QED) is 0.801. The van der Waals surface area contributed by atoms with Gasteiger partial charge in [-0.15, -0.1) is 0 Å². The number of ether oxygens (including phenoxy) is 2. The Morgan fingerprint density at radius 3 is 2.68 bits per heavy atom. The Morgan fingerprint density at radius 2 is 2.09 bits per heavy atom. The van der Waals surface area contributed by atoms with Crippen molar-refractivity contribution in [3.8, 4) is 11.5 Å². The number of carboxylic acids is 1. The zero-order chi connectivity index (χ0) is 16.1. The lowest BCUT2D eigenvalue weighted by molar-refractivity contribution is -0.143. The highest BCUT2D eigenvalue weighted by molar-refractivity contribution is 7.92. The standard InChI is InChI=1S/C14H17NO6S/c1-2-22(18,19)12-11(14(12,6-15)13(16)17)8-3-4-9-10(5-8)21-7-20-9/h3-5,11-12H,2,6-7,15H2,1H3,(H,16,17)/t11-,12+,14-/m0/s1. The van der Waals surface area contributed by atoms with E-state index in [1.165, 1.54) is 6.92 Å². The highest BCUT2D eigenvalue weighted by Gasteiger charge is 2.74. The number of aliphatic carboxylic acids is 1. The van der Waals surface area contributed by atoms with E-state index in [0.29, 0.717) is 17.1 Å². The predicted octanol–water partition coefficient (Wildman–Crippen LogP) is 0.345. The fourth-order valence-electron chi connectivity index (χ4n) is 3.28. The molecule has 8 heteroatoms. The van der Waals surface area contributed by atoms with E-state index in [0.717, 1.165) is 0 Å². The molecule has 0 unspecified atom stereocenters. The molecule has 0 amide bonds. The zero-order valence-corrected chi connectivity index (χ0v) is 12.8. The van der Waals surface area contributed by atoms with Crippen LogP contribution in [0.3, 0.4) is 0 Å². The van der Waals surface area contributed by atoms with Crippen LogP contribution in [0.25, 0.3) is 0 Å². The van der Waals surface area contributed by atoms with Crippen molar-refractivity contribution in [2.24, 2.45) is 11.1 Å². The Labute approximate surface area is 127 Å². The van der Waals surface area contributed by atoms with E-state index in [2.05, 4.69) is 0 Å². The zero-order valence-electron chi connectivity index (χ0n) is 12.0. The molecular formula is C14H17NO6S. The summed E-state index contributed by atoms with van der Waals surface area (Å²) in [6.45, 7) is 1.37. The minimum atomic E-state index is -3.53. The molecule has 3 atom stereocenters. The maximum absolute atomic E-state index is 12.3. The highest BCUT2D eigenvalue weighted by Crippen LogP contribution is 2.63. The molecule has 0 saturated heterocycles. The second-order valence-electron chi connectivity index (χ2n) is 5.51. The predicted molar refractivity (Wildman–Crippen MR) is 77.7 cm³/mol. The number of fused-ring (bicyclic) bond motifs is 1. The molecular weight excluding hydrogens is 310 g/mol. The summed E-state index contributed by atoms with van der Waals surface area (Å²) >= 11 is 0. The normalized spacial score (nSPS) is 29.4. The van der Waals surface area contributed by atoms with E-state index in [9.17, 15) is 18.3 Å². The fourth-order valence-corrected chi connectivity index (χ4v) is 5.36. The third-order valence-electron chi connectivity index (χ3n) is 4.54. The second kappa shape index (κ2) is 4.85. The maximum Gasteiger partial charge on any atom is 0.312 e. The van der Waals surface area contributed by atoms with Crippen molar-refractivity contribution in [2.45, 2.75) is 18.1 Å². The summed E-state index contributed by atoms with van der Waals surface area (Å²) in [5, 5.41) is 8.55. The Bertz CT molecular complexity index is 731. The molecule has 1 aliphatic carbocycles. The molecule has 1 aromatic rings. The number of benzene rings is 1. The van der Waals surface area contributed by atoms with Crippen LogP contribution in [0.1, 0.15) is 18.4 Å². The maximum atomic E-state index is 12.3. The lowest BCUT2D eigenvalue weighted by atomic mass is 9.99. The van der Waals surface area contributed by atoms with Gasteiger partial charge in [0.1, 0.15) is 5.41 Å². The van der Waals surface area contributed by atoms with Gasteiger partial charge in [0.25, 0.3) is 0 Å². The minimum Gasteiger partial charge on any atom is -0.481 e. The summed E-state index contributed by atoms with van der Waals surface area (Å²) in [6.07, 6.45) is 0. The average Bonchev–Trinajstić information content (AvgIpc) is 3.00. The van der Waals surface area contributed by atoms with Gasteiger partial charge in [0.15, 0.2) is 21.3 Å². The molecule has 1 fully saturated rings. The van der Waals surface area contributed by atoms with Gasteiger partial charge in [0.05, 0.1) is 5.25 Å². The summed E-state index contributed by atoms with van der Waals surface area (Å²) in [5.41, 5.74) is 4.78. The van der Waals surface area contributed by atoms with E-state index in [1.54, 1.807) is 18.2 Å². The summed E-state index contributed by atoms with van der Waals surface area (Å²) in [6, 6.07) is 4.98. The van der Waals surface area contributed by atoms with Gasteiger partial charge in [-0.25, -0.2) is 8.42 Å². The SMILES string of the molecule is CCS(=O)(=O)[C@@H]1[C@H](c2ccc3c(c2)OCO3)[C@]1(CN)C(=O)O. The van der Waals surface area contributed by atoms with E-state index in [4.69, 9.17) is 15.2 Å². The molecule has 0 spiro atoms. The molecule has 1 aromatic carbocycles. The van der Waals surface area contributed by atoms with Gasteiger partial charge in [-0.3, -0.25) is 4.79 Å². The molecule has 2 aliphatic rings. The van der Waals surface area contributed by atoms with Crippen molar-refractivity contribution in [1.29, 1.82) is 0 Å². The van der Waals surface area contributed by atoms with Crippen LogP contribution in [0.2, 0.25) is 0 Å². The van der Waals surface area contributed by atoms with Gasteiger partial charge in [-0.05, 0) is 17.7 Å². The molecule has 3 rings (SSSR count). The summed E-state index contributed by atoms with van der Waals surface area (Å²) < 4.78 is 35.1. The molecule has 0 bridgehead atoms. The van der Waals surface area contributed by atoms with Gasteiger partial charge in [-0.2, -0.15) is 0 Å². The van der Waals surface area contributed by atoms with Crippen molar-refractivity contribution >= 4 is 15.8 Å². The molecule has 1 saturated carbocycles. The van der Waals surface area contributed by atoms with E-state index < -0.39 is 32.4 Å². The molecule has 1 aliphatic heterocycles. The Morgan fingerprint density at radius 1 is 1.41 bits per heavy atom. The van der Waals surface area contributed by atoms with Crippen LogP contribution >= 0.6 is 0 Å². The smallest absolute Gasteiger partial charge is 0.312 e. The molecule has 0 radical (unpaired) electrons. The van der Waals surface area contributed by atoms with Crippen molar-refractivity contribution in [2.75, 3.05) is 19.1 Å². The Hall–Kier alpha value is -1.80. The summed E-state index contributed by atoms with van der Waals surface area (Å²) in [5.74, 6) is -0.913. The monoisotopic (exact) mass is 327 g/mol. The number of sulfone groups is 1. The van der Waals surface area contributed by atoms with Crippen LogP contribution < -0.4 is 15.2 Å². The van der Waals surface area contributed by atoms with E-state index in [1.807, 2.05) is 0 Å². The number of rotatable bonds is 5. The van der Waals surface area contributed by atoms with Gasteiger partial charge in [0, 0.05) is 18.2 Å². The van der Waals surface area contributed by atoms with Crippen LogP contribution in [0, 0.1) is 5.41 Å².